The van der Waals surface area contributed by atoms with Gasteiger partial charge < -0.3 is 14.9 Å². The third kappa shape index (κ3) is 5.35. The molecule has 132 valence electrons. The molecular weight excluding hydrogens is 322 g/mol. The predicted molar refractivity (Wildman–Crippen MR) is 84.5 cm³/mol. The smallest absolute Gasteiger partial charge is 0.407 e. The molecule has 9 heteroatoms. The maximum absolute atomic E-state index is 12.6. The molecule has 0 spiro atoms. The van der Waals surface area contributed by atoms with E-state index < -0.39 is 16.1 Å². The molecule has 2 amide bonds. The van der Waals surface area contributed by atoms with E-state index in [0.717, 1.165) is 6.26 Å². The van der Waals surface area contributed by atoms with Crippen LogP contribution in [0.15, 0.2) is 0 Å². The summed E-state index contributed by atoms with van der Waals surface area (Å²) in [6, 6.07) is -0.0827. The molecule has 2 rings (SSSR count). The van der Waals surface area contributed by atoms with Gasteiger partial charge in [0.05, 0.1) is 6.26 Å². The van der Waals surface area contributed by atoms with Crippen LogP contribution in [0.5, 0.6) is 0 Å². The molecule has 2 aliphatic rings. The first-order chi connectivity index (χ1) is 10.8. The maximum Gasteiger partial charge on any atom is 0.407 e. The van der Waals surface area contributed by atoms with Crippen molar-refractivity contribution >= 4 is 22.0 Å². The molecule has 1 aliphatic heterocycles. The third-order valence-corrected chi connectivity index (χ3v) is 5.30. The summed E-state index contributed by atoms with van der Waals surface area (Å²) in [5.74, 6) is -0.000896. The van der Waals surface area contributed by atoms with Gasteiger partial charge in [-0.1, -0.05) is 0 Å². The van der Waals surface area contributed by atoms with E-state index in [2.05, 4.69) is 4.72 Å². The molecule has 1 heterocycles. The number of carbonyl (C=O) groups is 2. The predicted octanol–water partition coefficient (Wildman–Crippen LogP) is 0.307. The summed E-state index contributed by atoms with van der Waals surface area (Å²) in [5, 5.41) is 9.03. The van der Waals surface area contributed by atoms with Crippen molar-refractivity contribution in [1.29, 1.82) is 0 Å². The number of hydrogen-bond donors (Lipinski definition) is 2. The van der Waals surface area contributed by atoms with E-state index in [4.69, 9.17) is 5.11 Å². The maximum atomic E-state index is 12.6. The minimum Gasteiger partial charge on any atom is -0.465 e. The molecule has 0 aromatic carbocycles. The number of carbonyl (C=O) groups excluding carboxylic acids is 1. The molecule has 0 aromatic heterocycles. The number of nitrogens with zero attached hydrogens (tertiary/aromatic N) is 2. The van der Waals surface area contributed by atoms with Gasteiger partial charge in [-0.05, 0) is 32.1 Å². The molecule has 1 saturated carbocycles. The van der Waals surface area contributed by atoms with Gasteiger partial charge in [0.1, 0.15) is 0 Å². The van der Waals surface area contributed by atoms with E-state index in [1.165, 1.54) is 4.90 Å². The summed E-state index contributed by atoms with van der Waals surface area (Å²) in [5.41, 5.74) is 0. The number of rotatable bonds is 3. The van der Waals surface area contributed by atoms with E-state index in [1.54, 1.807) is 4.90 Å². The Morgan fingerprint density at radius 3 is 2.13 bits per heavy atom. The first kappa shape index (κ1) is 18.0. The minimum atomic E-state index is -3.21. The van der Waals surface area contributed by atoms with Gasteiger partial charge in [0.15, 0.2) is 0 Å². The van der Waals surface area contributed by atoms with Crippen molar-refractivity contribution in [1.82, 2.24) is 14.5 Å². The van der Waals surface area contributed by atoms with Crippen molar-refractivity contribution in [2.45, 2.75) is 38.1 Å². The average molecular weight is 347 g/mol. The van der Waals surface area contributed by atoms with Gasteiger partial charge in [0.2, 0.25) is 15.9 Å². The SMILES string of the molecule is CS(=O)(=O)NC1CCC(C(=O)N2CCCN(C(=O)O)CC2)CC1. The third-order valence-electron chi connectivity index (χ3n) is 4.54. The quantitative estimate of drug-likeness (QED) is 0.764. The Bertz CT molecular complexity index is 543. The fourth-order valence-corrected chi connectivity index (χ4v) is 4.19. The van der Waals surface area contributed by atoms with Crippen molar-refractivity contribution in [3.63, 3.8) is 0 Å². The first-order valence-electron chi connectivity index (χ1n) is 8.00. The molecule has 8 nitrogen and oxygen atoms in total. The Morgan fingerprint density at radius 2 is 1.57 bits per heavy atom. The fourth-order valence-electron chi connectivity index (χ4n) is 3.35. The second kappa shape index (κ2) is 7.48. The van der Waals surface area contributed by atoms with Crippen LogP contribution in [0.2, 0.25) is 0 Å². The van der Waals surface area contributed by atoms with Crippen LogP contribution < -0.4 is 4.72 Å². The van der Waals surface area contributed by atoms with Gasteiger partial charge in [0, 0.05) is 38.1 Å². The summed E-state index contributed by atoms with van der Waals surface area (Å²) < 4.78 is 25.1. The Kier molecular flexibility index (Phi) is 5.85. The molecule has 0 aromatic rings. The molecule has 1 aliphatic carbocycles. The van der Waals surface area contributed by atoms with E-state index in [-0.39, 0.29) is 17.9 Å². The highest BCUT2D eigenvalue weighted by atomic mass is 32.2. The van der Waals surface area contributed by atoms with Crippen molar-refractivity contribution in [3.05, 3.63) is 0 Å². The van der Waals surface area contributed by atoms with Crippen LogP contribution in [0.4, 0.5) is 4.79 Å². The van der Waals surface area contributed by atoms with Crippen molar-refractivity contribution in [2.75, 3.05) is 32.4 Å². The molecule has 0 atom stereocenters. The molecule has 0 bridgehead atoms. The Hall–Kier alpha value is -1.35. The van der Waals surface area contributed by atoms with Crippen molar-refractivity contribution in [2.24, 2.45) is 5.92 Å². The van der Waals surface area contributed by atoms with Gasteiger partial charge in [-0.3, -0.25) is 4.79 Å². The average Bonchev–Trinajstić information content (AvgIpc) is 2.71. The van der Waals surface area contributed by atoms with Gasteiger partial charge in [-0.15, -0.1) is 0 Å². The lowest BCUT2D eigenvalue weighted by molar-refractivity contribution is -0.136. The van der Waals surface area contributed by atoms with Gasteiger partial charge >= 0.3 is 6.09 Å². The second-order valence-corrected chi connectivity index (χ2v) is 8.17. The lowest BCUT2D eigenvalue weighted by Crippen LogP contribution is -2.43. The van der Waals surface area contributed by atoms with E-state index in [1.807, 2.05) is 0 Å². The van der Waals surface area contributed by atoms with Crippen LogP contribution in [0.1, 0.15) is 32.1 Å². The van der Waals surface area contributed by atoms with E-state index >= 15 is 0 Å². The van der Waals surface area contributed by atoms with Crippen LogP contribution >= 0.6 is 0 Å². The van der Waals surface area contributed by atoms with Crippen LogP contribution in [-0.4, -0.2) is 73.8 Å². The van der Waals surface area contributed by atoms with Gasteiger partial charge in [-0.25, -0.2) is 17.9 Å². The number of nitrogens with one attached hydrogen (secondary N) is 1. The van der Waals surface area contributed by atoms with E-state index in [9.17, 15) is 18.0 Å². The Balaban J connectivity index is 1.84. The monoisotopic (exact) mass is 347 g/mol. The molecule has 2 fully saturated rings. The zero-order valence-corrected chi connectivity index (χ0v) is 14.2. The Morgan fingerprint density at radius 1 is 1.00 bits per heavy atom. The molecule has 23 heavy (non-hydrogen) atoms. The van der Waals surface area contributed by atoms with Crippen LogP contribution in [0, 0.1) is 5.92 Å². The highest BCUT2D eigenvalue weighted by Gasteiger charge is 2.31. The summed E-state index contributed by atoms with van der Waals surface area (Å²) in [6.07, 6.45) is 3.54. The normalized spacial score (nSPS) is 26.7. The number of hydrogen-bond acceptors (Lipinski definition) is 4. The minimum absolute atomic E-state index is 0.0787. The lowest BCUT2D eigenvalue weighted by atomic mass is 9.85. The summed E-state index contributed by atoms with van der Waals surface area (Å²) in [7, 11) is -3.21. The van der Waals surface area contributed by atoms with Gasteiger partial charge in [-0.2, -0.15) is 0 Å². The highest BCUT2D eigenvalue weighted by molar-refractivity contribution is 7.88. The van der Waals surface area contributed by atoms with Crippen LogP contribution in [0.25, 0.3) is 0 Å². The van der Waals surface area contributed by atoms with Crippen LogP contribution in [0.3, 0.4) is 0 Å². The first-order valence-corrected chi connectivity index (χ1v) is 9.89. The van der Waals surface area contributed by atoms with Crippen molar-refractivity contribution < 1.29 is 23.1 Å². The zero-order valence-electron chi connectivity index (χ0n) is 13.4. The summed E-state index contributed by atoms with van der Waals surface area (Å²) in [4.78, 5) is 26.7. The number of sulfonamides is 1. The molecule has 2 N–H and O–H groups in total. The zero-order chi connectivity index (χ0) is 17.0. The standard InChI is InChI=1S/C14H25N3O5S/c1-23(21,22)15-12-5-3-11(4-6-12)13(18)16-7-2-8-17(10-9-16)14(19)20/h11-12,15H,2-10H2,1H3,(H,19,20). The van der Waals surface area contributed by atoms with Crippen LogP contribution in [-0.2, 0) is 14.8 Å². The molecule has 1 saturated heterocycles. The van der Waals surface area contributed by atoms with E-state index in [0.29, 0.717) is 58.3 Å². The lowest BCUT2D eigenvalue weighted by Gasteiger charge is -2.31. The largest absolute Gasteiger partial charge is 0.465 e. The molecular formula is C14H25N3O5S. The highest BCUT2D eigenvalue weighted by Crippen LogP contribution is 2.26. The summed E-state index contributed by atoms with van der Waals surface area (Å²) in [6.45, 7) is 1.84. The molecule has 0 unspecified atom stereocenters. The molecule has 0 radical (unpaired) electrons. The summed E-state index contributed by atoms with van der Waals surface area (Å²) >= 11 is 0. The fraction of sp³-hybridized carbons (Fsp3) is 0.857. The number of carboxylic acid groups (broad SMARTS) is 1. The van der Waals surface area contributed by atoms with Crippen molar-refractivity contribution in [3.8, 4) is 0 Å². The Labute approximate surface area is 136 Å². The topological polar surface area (TPSA) is 107 Å². The second-order valence-electron chi connectivity index (χ2n) is 6.39. The van der Waals surface area contributed by atoms with Gasteiger partial charge in [0.25, 0.3) is 0 Å². The number of amides is 2.